The highest BCUT2D eigenvalue weighted by Crippen LogP contribution is 2.15. The molecule has 100 valence electrons. The van der Waals surface area contributed by atoms with E-state index in [-0.39, 0.29) is 18.2 Å². The van der Waals surface area contributed by atoms with Crippen molar-refractivity contribution in [3.05, 3.63) is 35.4 Å². The lowest BCUT2D eigenvalue weighted by Gasteiger charge is -2.08. The molecule has 0 bridgehead atoms. The lowest BCUT2D eigenvalue weighted by atomic mass is 10.0. The predicted molar refractivity (Wildman–Crippen MR) is 72.6 cm³/mol. The molecule has 1 N–H and O–H groups in total. The van der Waals surface area contributed by atoms with E-state index in [1.54, 1.807) is 6.07 Å². The first-order valence-electron chi connectivity index (χ1n) is 5.85. The molecule has 0 aliphatic rings. The smallest absolute Gasteiger partial charge is 0.251 e. The van der Waals surface area contributed by atoms with Crippen LogP contribution in [0.15, 0.2) is 24.3 Å². The predicted octanol–water partition coefficient (Wildman–Crippen LogP) is 1.58. The molecule has 4 nitrogen and oxygen atoms in total. The Labute approximate surface area is 108 Å². The fraction of sp³-hybridized carbons (Fsp3) is 0.462. The molecule has 0 fully saturated rings. The first kappa shape index (κ1) is 14.7. The summed E-state index contributed by atoms with van der Waals surface area (Å²) in [6, 6.07) is 7.36. The molecule has 1 aromatic rings. The Morgan fingerprint density at radius 2 is 2.00 bits per heavy atom. The Hall–Kier alpha value is -1.36. The van der Waals surface area contributed by atoms with Gasteiger partial charge < -0.3 is 5.32 Å². The van der Waals surface area contributed by atoms with Crippen LogP contribution in [0, 0.1) is 0 Å². The minimum absolute atomic E-state index is 0.0391. The van der Waals surface area contributed by atoms with E-state index in [0.29, 0.717) is 11.5 Å². The summed E-state index contributed by atoms with van der Waals surface area (Å²) in [5.74, 6) is 0.0812. The number of hydrogen-bond donors (Lipinski definition) is 1. The van der Waals surface area contributed by atoms with Crippen molar-refractivity contribution in [2.24, 2.45) is 0 Å². The Bertz CT molecular complexity index is 521. The minimum atomic E-state index is -3.04. The molecule has 0 aliphatic heterocycles. The van der Waals surface area contributed by atoms with Gasteiger partial charge in [0.15, 0.2) is 0 Å². The number of nitrogens with one attached hydrogen (secondary N) is 1. The molecule has 0 radical (unpaired) electrons. The van der Waals surface area contributed by atoms with Gasteiger partial charge in [-0.1, -0.05) is 26.0 Å². The van der Waals surface area contributed by atoms with Crippen molar-refractivity contribution in [2.45, 2.75) is 19.8 Å². The molecular weight excluding hydrogens is 250 g/mol. The summed E-state index contributed by atoms with van der Waals surface area (Å²) in [6.07, 6.45) is 1.15. The summed E-state index contributed by atoms with van der Waals surface area (Å²) in [6.45, 7) is 4.25. The Morgan fingerprint density at radius 3 is 2.56 bits per heavy atom. The lowest BCUT2D eigenvalue weighted by molar-refractivity contribution is 0.0956. The van der Waals surface area contributed by atoms with Crippen molar-refractivity contribution in [3.8, 4) is 0 Å². The van der Waals surface area contributed by atoms with Crippen molar-refractivity contribution in [2.75, 3.05) is 18.6 Å². The Kier molecular flexibility index (Phi) is 4.90. The van der Waals surface area contributed by atoms with Crippen molar-refractivity contribution in [3.63, 3.8) is 0 Å². The van der Waals surface area contributed by atoms with Crippen LogP contribution in [0.1, 0.15) is 35.7 Å². The number of sulfone groups is 1. The zero-order chi connectivity index (χ0) is 13.8. The first-order chi connectivity index (χ1) is 8.29. The molecule has 0 saturated heterocycles. The SMILES string of the molecule is CC(C)c1cccc(C(=O)NCCS(C)(=O)=O)c1. The highest BCUT2D eigenvalue weighted by molar-refractivity contribution is 7.90. The Balaban J connectivity index is 2.64. The molecule has 1 amide bonds. The largest absolute Gasteiger partial charge is 0.351 e. The summed E-state index contributed by atoms with van der Waals surface area (Å²) < 4.78 is 21.9. The van der Waals surface area contributed by atoms with E-state index < -0.39 is 9.84 Å². The van der Waals surface area contributed by atoms with Crippen LogP contribution < -0.4 is 5.32 Å². The van der Waals surface area contributed by atoms with Gasteiger partial charge in [0, 0.05) is 18.4 Å². The van der Waals surface area contributed by atoms with Crippen LogP contribution in [-0.4, -0.2) is 32.9 Å². The van der Waals surface area contributed by atoms with Gasteiger partial charge in [-0.3, -0.25) is 4.79 Å². The molecule has 0 spiro atoms. The van der Waals surface area contributed by atoms with Crippen LogP contribution in [0.2, 0.25) is 0 Å². The number of benzene rings is 1. The normalized spacial score (nSPS) is 11.6. The van der Waals surface area contributed by atoms with E-state index in [2.05, 4.69) is 19.2 Å². The molecule has 5 heteroatoms. The molecule has 0 unspecified atom stereocenters. The fourth-order valence-corrected chi connectivity index (χ4v) is 1.96. The van der Waals surface area contributed by atoms with Gasteiger partial charge in [-0.25, -0.2) is 8.42 Å². The van der Waals surface area contributed by atoms with Gasteiger partial charge >= 0.3 is 0 Å². The van der Waals surface area contributed by atoms with E-state index in [4.69, 9.17) is 0 Å². The summed E-state index contributed by atoms with van der Waals surface area (Å²) in [5, 5.41) is 2.60. The van der Waals surface area contributed by atoms with Gasteiger partial charge in [0.05, 0.1) is 5.75 Å². The van der Waals surface area contributed by atoms with E-state index in [1.165, 1.54) is 0 Å². The van der Waals surface area contributed by atoms with Crippen LogP contribution in [0.3, 0.4) is 0 Å². The summed E-state index contributed by atoms with van der Waals surface area (Å²) in [4.78, 5) is 11.8. The highest BCUT2D eigenvalue weighted by atomic mass is 32.2. The maximum Gasteiger partial charge on any atom is 0.251 e. The van der Waals surface area contributed by atoms with Crippen molar-refractivity contribution >= 4 is 15.7 Å². The van der Waals surface area contributed by atoms with Gasteiger partial charge in [0.1, 0.15) is 9.84 Å². The highest BCUT2D eigenvalue weighted by Gasteiger charge is 2.08. The number of amides is 1. The fourth-order valence-electron chi connectivity index (χ4n) is 1.49. The number of rotatable bonds is 5. The van der Waals surface area contributed by atoms with Crippen LogP contribution >= 0.6 is 0 Å². The molecule has 1 rings (SSSR count). The summed E-state index contributed by atoms with van der Waals surface area (Å²) in [5.41, 5.74) is 1.65. The van der Waals surface area contributed by atoms with E-state index in [1.807, 2.05) is 18.2 Å². The second-order valence-electron chi connectivity index (χ2n) is 4.67. The minimum Gasteiger partial charge on any atom is -0.351 e. The molecule has 0 saturated carbocycles. The maximum absolute atomic E-state index is 11.8. The maximum atomic E-state index is 11.8. The molecule has 0 aromatic heterocycles. The third kappa shape index (κ3) is 4.87. The van der Waals surface area contributed by atoms with Crippen LogP contribution in [0.25, 0.3) is 0 Å². The summed E-state index contributed by atoms with van der Waals surface area (Å²) in [7, 11) is -3.04. The number of carbonyl (C=O) groups excluding carboxylic acids is 1. The second-order valence-corrected chi connectivity index (χ2v) is 6.93. The monoisotopic (exact) mass is 269 g/mol. The van der Waals surface area contributed by atoms with Gasteiger partial charge in [-0.05, 0) is 23.6 Å². The standard InChI is InChI=1S/C13H19NO3S/c1-10(2)11-5-4-6-12(9-11)13(15)14-7-8-18(3,16)17/h4-6,9-10H,7-8H2,1-3H3,(H,14,15). The van der Waals surface area contributed by atoms with E-state index in [9.17, 15) is 13.2 Å². The zero-order valence-corrected chi connectivity index (χ0v) is 11.8. The van der Waals surface area contributed by atoms with Crippen LogP contribution in [-0.2, 0) is 9.84 Å². The van der Waals surface area contributed by atoms with Crippen LogP contribution in [0.4, 0.5) is 0 Å². The second kappa shape index (κ2) is 6.00. The number of hydrogen-bond acceptors (Lipinski definition) is 3. The van der Waals surface area contributed by atoms with Gasteiger partial charge in [0.25, 0.3) is 5.91 Å². The first-order valence-corrected chi connectivity index (χ1v) is 7.91. The quantitative estimate of drug-likeness (QED) is 0.882. The molecule has 1 aromatic carbocycles. The average Bonchev–Trinajstić information content (AvgIpc) is 2.27. The Morgan fingerprint density at radius 1 is 1.33 bits per heavy atom. The average molecular weight is 269 g/mol. The molecular formula is C13H19NO3S. The third-order valence-electron chi connectivity index (χ3n) is 2.57. The molecule has 0 atom stereocenters. The lowest BCUT2D eigenvalue weighted by Crippen LogP contribution is -2.28. The molecule has 0 aliphatic carbocycles. The van der Waals surface area contributed by atoms with Crippen molar-refractivity contribution in [1.29, 1.82) is 0 Å². The molecule has 18 heavy (non-hydrogen) atoms. The topological polar surface area (TPSA) is 63.2 Å². The van der Waals surface area contributed by atoms with Gasteiger partial charge in [-0.2, -0.15) is 0 Å². The third-order valence-corrected chi connectivity index (χ3v) is 3.52. The van der Waals surface area contributed by atoms with Crippen LogP contribution in [0.5, 0.6) is 0 Å². The van der Waals surface area contributed by atoms with Crippen molar-refractivity contribution < 1.29 is 13.2 Å². The zero-order valence-electron chi connectivity index (χ0n) is 10.9. The van der Waals surface area contributed by atoms with Gasteiger partial charge in [0.2, 0.25) is 0 Å². The van der Waals surface area contributed by atoms with Gasteiger partial charge in [-0.15, -0.1) is 0 Å². The van der Waals surface area contributed by atoms with E-state index >= 15 is 0 Å². The van der Waals surface area contributed by atoms with Crippen molar-refractivity contribution in [1.82, 2.24) is 5.32 Å². The van der Waals surface area contributed by atoms with E-state index in [0.717, 1.165) is 11.8 Å². The molecule has 0 heterocycles. The summed E-state index contributed by atoms with van der Waals surface area (Å²) >= 11 is 0. The number of carbonyl (C=O) groups is 1.